The topological polar surface area (TPSA) is 38.7 Å². The first-order valence-electron chi connectivity index (χ1n) is 7.46. The normalized spacial score (nSPS) is 15.6. The van der Waals surface area contributed by atoms with Gasteiger partial charge in [-0.1, -0.05) is 54.1 Å². The zero-order valence-corrected chi connectivity index (χ0v) is 13.3. The maximum atomic E-state index is 12.1. The largest absolute Gasteiger partial charge is 0.402 e. The highest BCUT2D eigenvalue weighted by molar-refractivity contribution is 6.30. The quantitative estimate of drug-likeness (QED) is 0.497. The number of carbonyl (C=O) groups is 1. The monoisotopic (exact) mass is 333 g/mol. The molecule has 0 unspecified atom stereocenters. The molecule has 0 atom stereocenters. The maximum Gasteiger partial charge on any atom is 0.363 e. The molecule has 0 N–H and O–H groups in total. The molecule has 0 radical (unpaired) electrons. The summed E-state index contributed by atoms with van der Waals surface area (Å²) < 4.78 is 5.32. The lowest BCUT2D eigenvalue weighted by atomic mass is 10.1. The minimum Gasteiger partial charge on any atom is -0.402 e. The van der Waals surface area contributed by atoms with Crippen molar-refractivity contribution in [2.24, 2.45) is 4.99 Å². The van der Waals surface area contributed by atoms with Gasteiger partial charge in [0.25, 0.3) is 0 Å². The average Bonchev–Trinajstić information content (AvgIpc) is 2.97. The number of ether oxygens (including phenoxy) is 1. The van der Waals surface area contributed by atoms with Crippen LogP contribution in [0.15, 0.2) is 77.4 Å². The van der Waals surface area contributed by atoms with Crippen LogP contribution in [0.5, 0.6) is 0 Å². The van der Waals surface area contributed by atoms with Gasteiger partial charge >= 0.3 is 5.97 Å². The number of hydrogen-bond acceptors (Lipinski definition) is 3. The van der Waals surface area contributed by atoms with Crippen LogP contribution in [0.3, 0.4) is 0 Å². The number of aliphatic imine (C=N–C) groups is 1. The maximum absolute atomic E-state index is 12.1. The van der Waals surface area contributed by atoms with Crippen LogP contribution in [0.1, 0.15) is 11.1 Å². The van der Waals surface area contributed by atoms with Crippen LogP contribution in [-0.2, 0) is 9.53 Å². The number of fused-ring (bicyclic) bond motifs is 1. The molecule has 0 aliphatic carbocycles. The Labute approximate surface area is 143 Å². The van der Waals surface area contributed by atoms with E-state index in [4.69, 9.17) is 16.3 Å². The molecule has 0 spiro atoms. The summed E-state index contributed by atoms with van der Waals surface area (Å²) in [6.07, 6.45) is 1.69. The van der Waals surface area contributed by atoms with Crippen LogP contribution in [0, 0.1) is 0 Å². The van der Waals surface area contributed by atoms with E-state index < -0.39 is 5.97 Å². The molecule has 1 aliphatic heterocycles. The first-order chi connectivity index (χ1) is 11.7. The fourth-order valence-corrected chi connectivity index (χ4v) is 2.70. The summed E-state index contributed by atoms with van der Waals surface area (Å²) in [6.45, 7) is 0. The fourth-order valence-electron chi connectivity index (χ4n) is 2.57. The summed E-state index contributed by atoms with van der Waals surface area (Å²) in [7, 11) is 0. The molecule has 0 amide bonds. The number of carbonyl (C=O) groups excluding carboxylic acids is 1. The zero-order chi connectivity index (χ0) is 16.5. The second-order valence-electron chi connectivity index (χ2n) is 5.45. The van der Waals surface area contributed by atoms with E-state index in [2.05, 4.69) is 4.99 Å². The van der Waals surface area contributed by atoms with Gasteiger partial charge in [0, 0.05) is 10.6 Å². The summed E-state index contributed by atoms with van der Waals surface area (Å²) in [5.41, 5.74) is 1.90. The van der Waals surface area contributed by atoms with Crippen LogP contribution in [-0.4, -0.2) is 11.9 Å². The molecule has 24 heavy (non-hydrogen) atoms. The van der Waals surface area contributed by atoms with Crippen molar-refractivity contribution in [2.45, 2.75) is 0 Å². The lowest BCUT2D eigenvalue weighted by Crippen LogP contribution is -2.05. The van der Waals surface area contributed by atoms with E-state index in [-0.39, 0.29) is 5.70 Å². The van der Waals surface area contributed by atoms with Crippen molar-refractivity contribution in [3.8, 4) is 0 Å². The van der Waals surface area contributed by atoms with Gasteiger partial charge in [0.15, 0.2) is 5.70 Å². The van der Waals surface area contributed by atoms with E-state index in [0.717, 1.165) is 21.9 Å². The molecule has 1 aliphatic rings. The summed E-state index contributed by atoms with van der Waals surface area (Å²) in [6, 6.07) is 21.0. The van der Waals surface area contributed by atoms with Gasteiger partial charge in [-0.25, -0.2) is 9.79 Å². The number of halogens is 1. The summed E-state index contributed by atoms with van der Waals surface area (Å²) in [5, 5.41) is 2.85. The van der Waals surface area contributed by atoms with E-state index in [1.54, 1.807) is 18.2 Å². The van der Waals surface area contributed by atoms with Gasteiger partial charge in [0.2, 0.25) is 5.90 Å². The molecule has 1 heterocycles. The molecule has 0 aromatic heterocycles. The second kappa shape index (κ2) is 5.95. The van der Waals surface area contributed by atoms with Crippen molar-refractivity contribution >= 4 is 40.3 Å². The molecule has 4 heteroatoms. The van der Waals surface area contributed by atoms with E-state index in [1.165, 1.54) is 0 Å². The van der Waals surface area contributed by atoms with E-state index in [9.17, 15) is 4.79 Å². The minimum absolute atomic E-state index is 0.278. The number of benzene rings is 3. The third kappa shape index (κ3) is 2.82. The molecular weight excluding hydrogens is 322 g/mol. The molecule has 116 valence electrons. The Morgan fingerprint density at radius 3 is 2.46 bits per heavy atom. The van der Waals surface area contributed by atoms with Gasteiger partial charge in [-0.05, 0) is 46.7 Å². The molecule has 3 aromatic carbocycles. The lowest BCUT2D eigenvalue weighted by Gasteiger charge is -2.02. The van der Waals surface area contributed by atoms with Gasteiger partial charge in [-0.2, -0.15) is 0 Å². The van der Waals surface area contributed by atoms with Crippen molar-refractivity contribution in [2.75, 3.05) is 0 Å². The van der Waals surface area contributed by atoms with Crippen LogP contribution >= 0.6 is 11.6 Å². The smallest absolute Gasteiger partial charge is 0.363 e. The highest BCUT2D eigenvalue weighted by Gasteiger charge is 2.24. The Hall–Kier alpha value is -2.91. The molecule has 0 bridgehead atoms. The Balaban J connectivity index is 1.70. The molecule has 0 saturated carbocycles. The predicted molar refractivity (Wildman–Crippen MR) is 96.0 cm³/mol. The first-order valence-corrected chi connectivity index (χ1v) is 7.84. The first kappa shape index (κ1) is 14.7. The number of cyclic esters (lactones) is 1. The van der Waals surface area contributed by atoms with Gasteiger partial charge in [0.05, 0.1) is 0 Å². The summed E-state index contributed by atoms with van der Waals surface area (Å²) >= 11 is 5.87. The van der Waals surface area contributed by atoms with Crippen molar-refractivity contribution < 1.29 is 9.53 Å². The van der Waals surface area contributed by atoms with Crippen molar-refractivity contribution in [3.05, 3.63) is 88.6 Å². The molecular formula is C20H12ClNO2. The van der Waals surface area contributed by atoms with Crippen LogP contribution in [0.25, 0.3) is 16.8 Å². The SMILES string of the molecule is O=C1OC(c2ccc3ccccc3c2)=N/C1=C/c1ccc(Cl)cc1. The molecule has 0 saturated heterocycles. The Bertz CT molecular complexity index is 1000. The fraction of sp³-hybridized carbons (Fsp3) is 0. The average molecular weight is 334 g/mol. The Kier molecular flexibility index (Phi) is 3.63. The van der Waals surface area contributed by atoms with Crippen LogP contribution < -0.4 is 0 Å². The van der Waals surface area contributed by atoms with E-state index >= 15 is 0 Å². The van der Waals surface area contributed by atoms with Crippen LogP contribution in [0.2, 0.25) is 5.02 Å². The number of esters is 1. The number of nitrogens with zero attached hydrogens (tertiary/aromatic N) is 1. The third-order valence-corrected chi connectivity index (χ3v) is 4.04. The van der Waals surface area contributed by atoms with Crippen molar-refractivity contribution in [1.82, 2.24) is 0 Å². The van der Waals surface area contributed by atoms with Gasteiger partial charge in [-0.15, -0.1) is 0 Å². The minimum atomic E-state index is -0.451. The lowest BCUT2D eigenvalue weighted by molar-refractivity contribution is -0.129. The summed E-state index contributed by atoms with van der Waals surface area (Å²) in [5.74, 6) is -0.126. The highest BCUT2D eigenvalue weighted by Crippen LogP contribution is 2.22. The second-order valence-corrected chi connectivity index (χ2v) is 5.89. The molecule has 4 rings (SSSR count). The predicted octanol–water partition coefficient (Wildman–Crippen LogP) is 4.84. The van der Waals surface area contributed by atoms with Crippen molar-refractivity contribution in [3.63, 3.8) is 0 Å². The Morgan fingerprint density at radius 1 is 0.917 bits per heavy atom. The molecule has 0 fully saturated rings. The van der Waals surface area contributed by atoms with Crippen LogP contribution in [0.4, 0.5) is 0 Å². The van der Waals surface area contributed by atoms with Gasteiger partial charge in [-0.3, -0.25) is 0 Å². The number of hydrogen-bond donors (Lipinski definition) is 0. The third-order valence-electron chi connectivity index (χ3n) is 3.79. The Morgan fingerprint density at radius 2 is 1.67 bits per heavy atom. The summed E-state index contributed by atoms with van der Waals surface area (Å²) in [4.78, 5) is 16.4. The van der Waals surface area contributed by atoms with Gasteiger partial charge < -0.3 is 4.74 Å². The van der Waals surface area contributed by atoms with E-state index in [1.807, 2.05) is 54.6 Å². The molecule has 3 aromatic rings. The van der Waals surface area contributed by atoms with Crippen molar-refractivity contribution in [1.29, 1.82) is 0 Å². The molecule has 3 nitrogen and oxygen atoms in total. The zero-order valence-electron chi connectivity index (χ0n) is 12.6. The standard InChI is InChI=1S/C20H12ClNO2/c21-17-9-5-13(6-10-17)11-18-20(23)24-19(22-18)16-8-7-14-3-1-2-4-15(14)12-16/h1-12H/b18-11+. The highest BCUT2D eigenvalue weighted by atomic mass is 35.5. The number of rotatable bonds is 2. The van der Waals surface area contributed by atoms with Gasteiger partial charge in [0.1, 0.15) is 0 Å². The van der Waals surface area contributed by atoms with E-state index in [0.29, 0.717) is 10.9 Å².